The van der Waals surface area contributed by atoms with E-state index >= 15 is 0 Å². The summed E-state index contributed by atoms with van der Waals surface area (Å²) in [5.41, 5.74) is 4.74. The van der Waals surface area contributed by atoms with Gasteiger partial charge in [-0.2, -0.15) is 0 Å². The molecule has 0 radical (unpaired) electrons. The van der Waals surface area contributed by atoms with E-state index in [0.717, 1.165) is 5.69 Å². The summed E-state index contributed by atoms with van der Waals surface area (Å²) in [4.78, 5) is 3.99. The molecule has 5 heteroatoms. The minimum Gasteiger partial charge on any atom is -0.290 e. The molecular weight excluding hydrogens is 233 g/mol. The van der Waals surface area contributed by atoms with Gasteiger partial charge in [0.15, 0.2) is 0 Å². The fourth-order valence-corrected chi connectivity index (χ4v) is 1.69. The largest absolute Gasteiger partial charge is 0.290 e. The molecule has 0 aliphatic rings. The number of nitrogens with one attached hydrogen (secondary N) is 1. The van der Waals surface area contributed by atoms with E-state index in [4.69, 9.17) is 23.2 Å². The fourth-order valence-electron chi connectivity index (χ4n) is 1.20. The Bertz CT molecular complexity index is 459. The number of anilines is 1. The van der Waals surface area contributed by atoms with Crippen LogP contribution in [0.25, 0.3) is 0 Å². The highest BCUT2D eigenvalue weighted by Gasteiger charge is 2.05. The Labute approximate surface area is 97.6 Å². The van der Waals surface area contributed by atoms with Crippen molar-refractivity contribution in [3.05, 3.63) is 46.5 Å². The van der Waals surface area contributed by atoms with E-state index in [2.05, 4.69) is 10.4 Å². The van der Waals surface area contributed by atoms with Crippen molar-refractivity contribution in [2.24, 2.45) is 0 Å². The van der Waals surface area contributed by atoms with Crippen LogP contribution in [0.4, 0.5) is 5.69 Å². The third kappa shape index (κ3) is 2.08. The lowest BCUT2D eigenvalue weighted by molar-refractivity contribution is 0.913. The minimum atomic E-state index is 0.579. The second-order valence-corrected chi connectivity index (χ2v) is 3.93. The van der Waals surface area contributed by atoms with Crippen LogP contribution < -0.4 is 5.43 Å². The van der Waals surface area contributed by atoms with Crippen LogP contribution in [-0.4, -0.2) is 9.66 Å². The van der Waals surface area contributed by atoms with Gasteiger partial charge in [-0.15, -0.1) is 0 Å². The van der Waals surface area contributed by atoms with Crippen LogP contribution in [-0.2, 0) is 0 Å². The molecule has 1 N–H and O–H groups in total. The number of nitrogens with zero attached hydrogens (tertiary/aromatic N) is 2. The monoisotopic (exact) mass is 241 g/mol. The second-order valence-electron chi connectivity index (χ2n) is 3.11. The van der Waals surface area contributed by atoms with Gasteiger partial charge in [-0.25, -0.2) is 9.66 Å². The van der Waals surface area contributed by atoms with Gasteiger partial charge in [0.05, 0.1) is 21.4 Å². The maximum atomic E-state index is 6.02. The number of aryl methyl sites for hydroxylation is 1. The van der Waals surface area contributed by atoms with E-state index in [-0.39, 0.29) is 0 Å². The van der Waals surface area contributed by atoms with Gasteiger partial charge in [-0.1, -0.05) is 29.3 Å². The van der Waals surface area contributed by atoms with E-state index in [1.807, 2.05) is 6.92 Å². The van der Waals surface area contributed by atoms with Gasteiger partial charge in [-0.05, 0) is 19.1 Å². The molecule has 0 bridgehead atoms. The molecule has 0 spiro atoms. The number of halogens is 2. The molecule has 1 aromatic carbocycles. The lowest BCUT2D eigenvalue weighted by Crippen LogP contribution is -2.09. The first-order chi connectivity index (χ1) is 7.18. The lowest BCUT2D eigenvalue weighted by Gasteiger charge is -2.11. The number of imidazole rings is 1. The van der Waals surface area contributed by atoms with Gasteiger partial charge in [0.2, 0.25) is 0 Å². The predicted octanol–water partition coefficient (Wildman–Crippen LogP) is 3.37. The van der Waals surface area contributed by atoms with E-state index in [0.29, 0.717) is 15.7 Å². The highest BCUT2D eigenvalue weighted by atomic mass is 35.5. The summed E-state index contributed by atoms with van der Waals surface area (Å²) in [6, 6.07) is 5.36. The van der Waals surface area contributed by atoms with E-state index in [1.165, 1.54) is 0 Å². The first-order valence-electron chi connectivity index (χ1n) is 4.38. The van der Waals surface area contributed by atoms with Crippen LogP contribution in [0.15, 0.2) is 30.7 Å². The second kappa shape index (κ2) is 4.13. The average Bonchev–Trinajstić information content (AvgIpc) is 2.58. The molecule has 2 rings (SSSR count). The zero-order valence-electron chi connectivity index (χ0n) is 8.04. The third-order valence-electron chi connectivity index (χ3n) is 2.02. The molecule has 0 aliphatic carbocycles. The molecule has 0 saturated heterocycles. The van der Waals surface area contributed by atoms with Crippen LogP contribution in [0.3, 0.4) is 0 Å². The summed E-state index contributed by atoms with van der Waals surface area (Å²) < 4.78 is 1.76. The molecule has 0 saturated carbocycles. The summed E-state index contributed by atoms with van der Waals surface area (Å²) in [6.45, 7) is 1.94. The highest BCUT2D eigenvalue weighted by Crippen LogP contribution is 2.29. The molecule has 3 nitrogen and oxygen atoms in total. The van der Waals surface area contributed by atoms with Gasteiger partial charge in [0.1, 0.15) is 6.33 Å². The summed E-state index contributed by atoms with van der Waals surface area (Å²) in [5, 5.41) is 1.16. The van der Waals surface area contributed by atoms with Crippen LogP contribution in [0.1, 0.15) is 5.69 Å². The summed E-state index contributed by atoms with van der Waals surface area (Å²) >= 11 is 12.0. The standard InChI is InChI=1S/C10H9Cl2N3/c1-7-5-13-6-15(7)14-10-8(11)3-2-4-9(10)12/h2-6,14H,1H3. The number of rotatable bonds is 2. The van der Waals surface area contributed by atoms with Crippen molar-refractivity contribution in [3.8, 4) is 0 Å². The molecular formula is C10H9Cl2N3. The quantitative estimate of drug-likeness (QED) is 0.874. The van der Waals surface area contributed by atoms with Gasteiger partial charge in [0, 0.05) is 6.20 Å². The molecule has 15 heavy (non-hydrogen) atoms. The normalized spacial score (nSPS) is 10.3. The third-order valence-corrected chi connectivity index (χ3v) is 2.65. The Balaban J connectivity index is 2.36. The fraction of sp³-hybridized carbons (Fsp3) is 0.100. The smallest absolute Gasteiger partial charge is 0.115 e. The summed E-state index contributed by atoms with van der Waals surface area (Å²) in [7, 11) is 0. The lowest BCUT2D eigenvalue weighted by atomic mass is 10.3. The van der Waals surface area contributed by atoms with Gasteiger partial charge in [0.25, 0.3) is 0 Å². The molecule has 2 aromatic rings. The topological polar surface area (TPSA) is 29.9 Å². The molecule has 1 aromatic heterocycles. The van der Waals surface area contributed by atoms with Crippen molar-refractivity contribution in [2.75, 3.05) is 5.43 Å². The molecule has 1 heterocycles. The van der Waals surface area contributed by atoms with Gasteiger partial charge < -0.3 is 0 Å². The number of hydrogen-bond acceptors (Lipinski definition) is 2. The SMILES string of the molecule is Cc1cncn1Nc1c(Cl)cccc1Cl. The van der Waals surface area contributed by atoms with Gasteiger partial charge in [-0.3, -0.25) is 5.43 Å². The molecule has 78 valence electrons. The number of aromatic nitrogens is 2. The van der Waals surface area contributed by atoms with Crippen molar-refractivity contribution in [1.29, 1.82) is 0 Å². The van der Waals surface area contributed by atoms with Crippen molar-refractivity contribution < 1.29 is 0 Å². The Morgan fingerprint density at radius 1 is 1.27 bits per heavy atom. The zero-order valence-corrected chi connectivity index (χ0v) is 9.55. The maximum absolute atomic E-state index is 6.02. The zero-order chi connectivity index (χ0) is 10.8. The first kappa shape index (κ1) is 10.3. The Morgan fingerprint density at radius 3 is 2.47 bits per heavy atom. The van der Waals surface area contributed by atoms with Crippen LogP contribution in [0.5, 0.6) is 0 Å². The highest BCUT2D eigenvalue weighted by molar-refractivity contribution is 6.39. The Kier molecular flexibility index (Phi) is 2.84. The molecule has 0 aliphatic heterocycles. The number of hydrogen-bond donors (Lipinski definition) is 1. The van der Waals surface area contributed by atoms with E-state index < -0.39 is 0 Å². The van der Waals surface area contributed by atoms with Crippen LogP contribution in [0.2, 0.25) is 10.0 Å². The average molecular weight is 242 g/mol. The molecule has 0 amide bonds. The van der Waals surface area contributed by atoms with E-state index in [1.54, 1.807) is 35.4 Å². The Morgan fingerprint density at radius 2 is 1.93 bits per heavy atom. The van der Waals surface area contributed by atoms with E-state index in [9.17, 15) is 0 Å². The summed E-state index contributed by atoms with van der Waals surface area (Å²) in [6.07, 6.45) is 3.41. The van der Waals surface area contributed by atoms with Crippen LogP contribution in [0, 0.1) is 6.92 Å². The number of para-hydroxylation sites is 1. The number of benzene rings is 1. The molecule has 0 fully saturated rings. The van der Waals surface area contributed by atoms with Crippen molar-refractivity contribution >= 4 is 28.9 Å². The predicted molar refractivity (Wildman–Crippen MR) is 62.4 cm³/mol. The van der Waals surface area contributed by atoms with Gasteiger partial charge >= 0.3 is 0 Å². The molecule has 0 unspecified atom stereocenters. The summed E-state index contributed by atoms with van der Waals surface area (Å²) in [5.74, 6) is 0. The van der Waals surface area contributed by atoms with Crippen molar-refractivity contribution in [2.45, 2.75) is 6.92 Å². The first-order valence-corrected chi connectivity index (χ1v) is 5.14. The van der Waals surface area contributed by atoms with Crippen LogP contribution >= 0.6 is 23.2 Å². The Hall–Kier alpha value is -1.19. The van der Waals surface area contributed by atoms with Crippen molar-refractivity contribution in [3.63, 3.8) is 0 Å². The molecule has 0 atom stereocenters. The van der Waals surface area contributed by atoms with Crippen molar-refractivity contribution in [1.82, 2.24) is 9.66 Å². The maximum Gasteiger partial charge on any atom is 0.115 e. The minimum absolute atomic E-state index is 0.579.